The Labute approximate surface area is 80.9 Å². The fourth-order valence-corrected chi connectivity index (χ4v) is 0.420. The molecule has 1 nitrogen and oxygen atoms in total. The maximum absolute atomic E-state index is 10.3. The van der Waals surface area contributed by atoms with Crippen LogP contribution in [0.15, 0.2) is 30.3 Å². The van der Waals surface area contributed by atoms with Crippen molar-refractivity contribution in [1.82, 2.24) is 0 Å². The van der Waals surface area contributed by atoms with Gasteiger partial charge in [-0.05, 0) is 0 Å². The largest absolute Gasteiger partial charge is 0.872 e. The van der Waals surface area contributed by atoms with Gasteiger partial charge < -0.3 is 5.11 Å². The Hall–Kier alpha value is -0.214. The Kier molecular flexibility index (Phi) is 7.74. The molecule has 1 aromatic carbocycles. The number of benzene rings is 1. The van der Waals surface area contributed by atoms with Gasteiger partial charge in [0.05, 0.1) is 0 Å². The van der Waals surface area contributed by atoms with E-state index in [1.54, 1.807) is 12.1 Å². The molecule has 0 radical (unpaired) electrons. The average molecular weight is 160 g/mol. The molecule has 0 saturated carbocycles. The van der Waals surface area contributed by atoms with Crippen molar-refractivity contribution in [2.75, 3.05) is 0 Å². The normalized spacial score (nSPS) is 8.27. The van der Waals surface area contributed by atoms with Crippen LogP contribution in [-0.2, 0) is 0 Å². The van der Waals surface area contributed by atoms with E-state index in [1.807, 2.05) is 27.8 Å². The first-order chi connectivity index (χ1) is 5.31. The molecule has 56 valence electrons. The molecule has 0 heterocycles. The summed E-state index contributed by atoms with van der Waals surface area (Å²) in [7, 11) is 0. The predicted molar refractivity (Wildman–Crippen MR) is 46.7 cm³/mol. The van der Waals surface area contributed by atoms with Gasteiger partial charge in [-0.15, -0.1) is 5.75 Å². The van der Waals surface area contributed by atoms with Crippen LogP contribution in [0.25, 0.3) is 0 Å². The molecule has 0 unspecified atom stereocenters. The smallest absolute Gasteiger partial charge is 0.0623 e. The molecular weight excluding hydrogens is 148 g/mol. The summed E-state index contributed by atoms with van der Waals surface area (Å²) in [6, 6.07) is 8.33. The Morgan fingerprint density at radius 3 is 1.91 bits per heavy atom. The van der Waals surface area contributed by atoms with Gasteiger partial charge in [0, 0.05) is 0 Å². The molecule has 1 aromatic rings. The van der Waals surface area contributed by atoms with Gasteiger partial charge in [-0.25, -0.2) is 0 Å². The van der Waals surface area contributed by atoms with Crippen molar-refractivity contribution in [3.63, 3.8) is 0 Å². The molecular formula is C9H12MgO. The van der Waals surface area contributed by atoms with Crippen molar-refractivity contribution in [3.8, 4) is 5.75 Å². The average Bonchev–Trinajstić information content (AvgIpc) is 2.07. The van der Waals surface area contributed by atoms with Crippen molar-refractivity contribution in [3.05, 3.63) is 30.3 Å². The Balaban J connectivity index is 0.000000218. The van der Waals surface area contributed by atoms with Gasteiger partial charge >= 0.3 is 39.6 Å². The molecule has 0 atom stereocenters. The van der Waals surface area contributed by atoms with E-state index in [2.05, 4.69) is 6.92 Å². The molecule has 0 bridgehead atoms. The third-order valence-corrected chi connectivity index (χ3v) is 1.80. The summed E-state index contributed by atoms with van der Waals surface area (Å²) in [5, 5.41) is 10.3. The summed E-state index contributed by atoms with van der Waals surface area (Å²) in [4.78, 5) is 0. The molecule has 0 saturated heterocycles. The van der Waals surface area contributed by atoms with E-state index in [9.17, 15) is 5.11 Å². The van der Waals surface area contributed by atoms with Gasteiger partial charge in [0.25, 0.3) is 0 Å². The van der Waals surface area contributed by atoms with E-state index in [0.29, 0.717) is 0 Å². The minimum atomic E-state index is 0.0718. The summed E-state index contributed by atoms with van der Waals surface area (Å²) in [5.74, 6) is 0.0718. The van der Waals surface area contributed by atoms with Gasteiger partial charge in [0.15, 0.2) is 0 Å². The van der Waals surface area contributed by atoms with Crippen LogP contribution in [0.3, 0.4) is 0 Å². The van der Waals surface area contributed by atoms with Crippen molar-refractivity contribution >= 4 is 21.7 Å². The van der Waals surface area contributed by atoms with Crippen molar-refractivity contribution in [2.45, 2.75) is 17.9 Å². The third kappa shape index (κ3) is 7.69. The van der Waals surface area contributed by atoms with E-state index in [0.717, 1.165) is 0 Å². The summed E-state index contributed by atoms with van der Waals surface area (Å²) >= 11 is 2.02. The van der Waals surface area contributed by atoms with Crippen LogP contribution >= 0.6 is 0 Å². The van der Waals surface area contributed by atoms with E-state index >= 15 is 0 Å². The Morgan fingerprint density at radius 1 is 1.27 bits per heavy atom. The topological polar surface area (TPSA) is 23.1 Å². The molecule has 11 heavy (non-hydrogen) atoms. The molecule has 0 spiro atoms. The van der Waals surface area contributed by atoms with Gasteiger partial charge in [0.2, 0.25) is 0 Å². The minimum Gasteiger partial charge on any atom is -0.872 e. The molecule has 2 heteroatoms. The van der Waals surface area contributed by atoms with E-state index in [1.165, 1.54) is 23.1 Å². The fraction of sp³-hybridized carbons (Fsp3) is 0.333. The third-order valence-electron chi connectivity index (χ3n) is 1.10. The first kappa shape index (κ1) is 10.8. The van der Waals surface area contributed by atoms with Crippen LogP contribution < -0.4 is 5.11 Å². The predicted octanol–water partition coefficient (Wildman–Crippen LogP) is 1.74. The van der Waals surface area contributed by atoms with E-state index < -0.39 is 0 Å². The molecule has 0 aliphatic rings. The van der Waals surface area contributed by atoms with Crippen LogP contribution in [0.4, 0.5) is 0 Å². The molecule has 0 amide bonds. The quantitative estimate of drug-likeness (QED) is 0.574. The van der Waals surface area contributed by atoms with Crippen LogP contribution in [-0.4, -0.2) is 21.7 Å². The molecule has 1 rings (SSSR count). The Morgan fingerprint density at radius 2 is 1.73 bits per heavy atom. The molecule has 0 N–H and O–H groups in total. The Bertz CT molecular complexity index is 160. The second-order valence-electron chi connectivity index (χ2n) is 2.17. The minimum absolute atomic E-state index is 0.0718. The summed E-state index contributed by atoms with van der Waals surface area (Å²) in [6.07, 6.45) is 1.33. The summed E-state index contributed by atoms with van der Waals surface area (Å²) in [6.45, 7) is 2.19. The molecule has 0 aliphatic heterocycles. The van der Waals surface area contributed by atoms with Crippen molar-refractivity contribution < 1.29 is 5.11 Å². The van der Waals surface area contributed by atoms with Crippen LogP contribution in [0, 0.1) is 0 Å². The zero-order valence-electron chi connectivity index (χ0n) is 6.92. The fourth-order valence-electron chi connectivity index (χ4n) is 0.420. The van der Waals surface area contributed by atoms with Crippen LogP contribution in [0.2, 0.25) is 4.55 Å². The number of rotatable bonds is 1. The van der Waals surface area contributed by atoms with Gasteiger partial charge in [-0.3, -0.25) is 0 Å². The zero-order valence-corrected chi connectivity index (χ0v) is 8.33. The van der Waals surface area contributed by atoms with Gasteiger partial charge in [-0.1, -0.05) is 30.3 Å². The maximum Gasteiger partial charge on any atom is -0.0623 e. The van der Waals surface area contributed by atoms with Crippen LogP contribution in [0.5, 0.6) is 5.75 Å². The molecule has 0 fully saturated rings. The van der Waals surface area contributed by atoms with Crippen molar-refractivity contribution in [2.24, 2.45) is 0 Å². The van der Waals surface area contributed by atoms with Gasteiger partial charge in [-0.2, -0.15) is 0 Å². The monoisotopic (exact) mass is 160 g/mol. The maximum atomic E-state index is 10.3. The summed E-state index contributed by atoms with van der Waals surface area (Å²) in [5.41, 5.74) is 0. The number of hydrogen-bond donors (Lipinski definition) is 0. The van der Waals surface area contributed by atoms with E-state index in [-0.39, 0.29) is 5.75 Å². The second kappa shape index (κ2) is 7.89. The number of hydrogen-bond acceptors (Lipinski definition) is 1. The molecule has 0 aromatic heterocycles. The standard InChI is InChI=1S/C6H6O.C3H7.Mg/c7-6-4-2-1-3-5-6;1-3-2;/h1-5,7H;1,3H2,2H3;/q;;+1/p-1. The van der Waals surface area contributed by atoms with Crippen LogP contribution in [0.1, 0.15) is 13.3 Å². The zero-order chi connectivity index (χ0) is 8.53. The summed E-state index contributed by atoms with van der Waals surface area (Å²) < 4.78 is 1.35. The van der Waals surface area contributed by atoms with Crippen molar-refractivity contribution in [1.29, 1.82) is 0 Å². The second-order valence-corrected chi connectivity index (χ2v) is 2.87. The SMILES string of the molecule is CC[CH2][Mg+].[O-]c1ccccc1. The number of para-hydroxylation sites is 1. The van der Waals surface area contributed by atoms with Gasteiger partial charge in [0.1, 0.15) is 0 Å². The first-order valence-corrected chi connectivity index (χ1v) is 4.82. The first-order valence-electron chi connectivity index (χ1n) is 3.82. The van der Waals surface area contributed by atoms with E-state index in [4.69, 9.17) is 0 Å². The molecule has 0 aliphatic carbocycles.